The van der Waals surface area contributed by atoms with Gasteiger partial charge in [0, 0.05) is 20.2 Å². The van der Waals surface area contributed by atoms with E-state index >= 15 is 0 Å². The maximum atomic E-state index is 12.1. The SMILES string of the molecule is COCCNS(=O)(=O)c1ccc(CNC(=O)C2CCCCN2)cc1. The van der Waals surface area contributed by atoms with Crippen LogP contribution in [-0.2, 0) is 26.1 Å². The maximum absolute atomic E-state index is 12.1. The molecule has 0 radical (unpaired) electrons. The van der Waals surface area contributed by atoms with Crippen LogP contribution >= 0.6 is 0 Å². The Hall–Kier alpha value is -1.48. The number of carbonyl (C=O) groups is 1. The smallest absolute Gasteiger partial charge is 0.240 e. The van der Waals surface area contributed by atoms with Gasteiger partial charge in [0.25, 0.3) is 0 Å². The van der Waals surface area contributed by atoms with E-state index in [1.54, 1.807) is 12.1 Å². The fourth-order valence-electron chi connectivity index (χ4n) is 2.54. The Bertz CT molecular complexity index is 625. The highest BCUT2D eigenvalue weighted by Crippen LogP contribution is 2.11. The molecule has 3 N–H and O–H groups in total. The zero-order chi connectivity index (χ0) is 17.4. The molecule has 0 aromatic heterocycles. The molecule has 1 aliphatic heterocycles. The molecule has 1 aliphatic rings. The standard InChI is InChI=1S/C16H25N3O4S/c1-23-11-10-19-24(21,22)14-7-5-13(6-8-14)12-18-16(20)15-4-2-3-9-17-15/h5-8,15,17,19H,2-4,9-12H2,1H3,(H,18,20). The number of sulfonamides is 1. The van der Waals surface area contributed by atoms with E-state index in [1.165, 1.54) is 19.2 Å². The number of hydrogen-bond acceptors (Lipinski definition) is 5. The van der Waals surface area contributed by atoms with Gasteiger partial charge in [0.1, 0.15) is 0 Å². The topological polar surface area (TPSA) is 96.5 Å². The highest BCUT2D eigenvalue weighted by Gasteiger charge is 2.20. The molecule has 0 aliphatic carbocycles. The minimum Gasteiger partial charge on any atom is -0.383 e. The summed E-state index contributed by atoms with van der Waals surface area (Å²) < 4.78 is 31.4. The highest BCUT2D eigenvalue weighted by molar-refractivity contribution is 7.89. The summed E-state index contributed by atoms with van der Waals surface area (Å²) in [6.07, 6.45) is 3.03. The number of rotatable bonds is 8. The van der Waals surface area contributed by atoms with Gasteiger partial charge < -0.3 is 15.4 Å². The molecule has 8 heteroatoms. The van der Waals surface area contributed by atoms with Crippen molar-refractivity contribution in [2.75, 3.05) is 26.8 Å². The Morgan fingerprint density at radius 2 is 2.04 bits per heavy atom. The second-order valence-electron chi connectivity index (χ2n) is 5.75. The number of benzene rings is 1. The third-order valence-corrected chi connectivity index (χ3v) is 5.40. The van der Waals surface area contributed by atoms with Gasteiger partial charge >= 0.3 is 0 Å². The Morgan fingerprint density at radius 1 is 1.29 bits per heavy atom. The summed E-state index contributed by atoms with van der Waals surface area (Å²) in [7, 11) is -2.01. The molecule has 1 unspecified atom stereocenters. The van der Waals surface area contributed by atoms with Gasteiger partial charge in [-0.25, -0.2) is 13.1 Å². The van der Waals surface area contributed by atoms with E-state index in [2.05, 4.69) is 15.4 Å². The molecule has 2 rings (SSSR count). The van der Waals surface area contributed by atoms with Crippen LogP contribution < -0.4 is 15.4 Å². The van der Waals surface area contributed by atoms with Gasteiger partial charge in [-0.2, -0.15) is 0 Å². The zero-order valence-electron chi connectivity index (χ0n) is 13.9. The minimum absolute atomic E-state index is 0.00682. The van der Waals surface area contributed by atoms with E-state index in [1.807, 2.05) is 0 Å². The number of ether oxygens (including phenoxy) is 1. The third-order valence-electron chi connectivity index (χ3n) is 3.93. The van der Waals surface area contributed by atoms with Gasteiger partial charge in [-0.15, -0.1) is 0 Å². The van der Waals surface area contributed by atoms with Crippen molar-refractivity contribution in [2.24, 2.45) is 0 Å². The van der Waals surface area contributed by atoms with E-state index in [-0.39, 0.29) is 23.4 Å². The van der Waals surface area contributed by atoms with Crippen LogP contribution in [0.1, 0.15) is 24.8 Å². The van der Waals surface area contributed by atoms with Gasteiger partial charge in [0.2, 0.25) is 15.9 Å². The lowest BCUT2D eigenvalue weighted by Gasteiger charge is -2.22. The summed E-state index contributed by atoms with van der Waals surface area (Å²) in [4.78, 5) is 12.2. The largest absolute Gasteiger partial charge is 0.383 e. The molecule has 1 amide bonds. The maximum Gasteiger partial charge on any atom is 0.240 e. The summed E-state index contributed by atoms with van der Waals surface area (Å²) in [5.41, 5.74) is 0.856. The number of carbonyl (C=O) groups excluding carboxylic acids is 1. The summed E-state index contributed by atoms with van der Waals surface area (Å²) in [5, 5.41) is 6.08. The molecular weight excluding hydrogens is 330 g/mol. The van der Waals surface area contributed by atoms with E-state index in [9.17, 15) is 13.2 Å². The molecule has 0 spiro atoms. The zero-order valence-corrected chi connectivity index (χ0v) is 14.7. The van der Waals surface area contributed by atoms with Crippen molar-refractivity contribution in [3.8, 4) is 0 Å². The Morgan fingerprint density at radius 3 is 2.67 bits per heavy atom. The number of nitrogens with one attached hydrogen (secondary N) is 3. The van der Waals surface area contributed by atoms with Crippen molar-refractivity contribution >= 4 is 15.9 Å². The van der Waals surface area contributed by atoms with Gasteiger partial charge in [0.05, 0.1) is 17.5 Å². The van der Waals surface area contributed by atoms with Crippen molar-refractivity contribution < 1.29 is 17.9 Å². The minimum atomic E-state index is -3.53. The van der Waals surface area contributed by atoms with Crippen molar-refractivity contribution in [1.82, 2.24) is 15.4 Å². The van der Waals surface area contributed by atoms with Crippen LogP contribution in [0.2, 0.25) is 0 Å². The van der Waals surface area contributed by atoms with Gasteiger partial charge in [0.15, 0.2) is 0 Å². The quantitative estimate of drug-likeness (QED) is 0.586. The Labute approximate surface area is 143 Å². The van der Waals surface area contributed by atoms with Gasteiger partial charge in [-0.1, -0.05) is 18.6 Å². The van der Waals surface area contributed by atoms with Crippen LogP contribution in [0.5, 0.6) is 0 Å². The monoisotopic (exact) mass is 355 g/mol. The van der Waals surface area contributed by atoms with E-state index in [0.29, 0.717) is 13.2 Å². The summed E-state index contributed by atoms with van der Waals surface area (Å²) >= 11 is 0. The molecule has 0 saturated carbocycles. The predicted octanol–water partition coefficient (Wildman–Crippen LogP) is 0.370. The first kappa shape index (κ1) is 18.9. The average Bonchev–Trinajstić information content (AvgIpc) is 2.61. The normalized spacial score (nSPS) is 18.3. The molecule has 134 valence electrons. The second-order valence-corrected chi connectivity index (χ2v) is 7.52. The molecule has 7 nitrogen and oxygen atoms in total. The summed E-state index contributed by atoms with van der Waals surface area (Å²) in [6.45, 7) is 1.80. The lowest BCUT2D eigenvalue weighted by Crippen LogP contribution is -2.46. The molecule has 1 fully saturated rings. The fraction of sp³-hybridized carbons (Fsp3) is 0.562. The molecule has 24 heavy (non-hydrogen) atoms. The van der Waals surface area contributed by atoms with Crippen LogP contribution in [0.25, 0.3) is 0 Å². The van der Waals surface area contributed by atoms with E-state index in [0.717, 1.165) is 31.4 Å². The van der Waals surface area contributed by atoms with E-state index in [4.69, 9.17) is 4.74 Å². The van der Waals surface area contributed by atoms with Crippen LogP contribution in [0.3, 0.4) is 0 Å². The van der Waals surface area contributed by atoms with Gasteiger partial charge in [-0.3, -0.25) is 4.79 Å². The number of methoxy groups -OCH3 is 1. The van der Waals surface area contributed by atoms with Crippen molar-refractivity contribution in [3.05, 3.63) is 29.8 Å². The number of hydrogen-bond donors (Lipinski definition) is 3. The van der Waals surface area contributed by atoms with Crippen LogP contribution in [0.15, 0.2) is 29.2 Å². The molecule has 1 aromatic carbocycles. The van der Waals surface area contributed by atoms with E-state index < -0.39 is 10.0 Å². The summed E-state index contributed by atoms with van der Waals surface area (Å²) in [6, 6.07) is 6.37. The van der Waals surface area contributed by atoms with Crippen molar-refractivity contribution in [2.45, 2.75) is 36.7 Å². The van der Waals surface area contributed by atoms with Crippen LogP contribution in [-0.4, -0.2) is 47.2 Å². The predicted molar refractivity (Wildman–Crippen MR) is 91.0 cm³/mol. The van der Waals surface area contributed by atoms with Crippen LogP contribution in [0.4, 0.5) is 0 Å². The second kappa shape index (κ2) is 9.12. The highest BCUT2D eigenvalue weighted by atomic mass is 32.2. The summed E-state index contributed by atoms with van der Waals surface area (Å²) in [5.74, 6) is -0.00682. The first-order valence-electron chi connectivity index (χ1n) is 8.11. The van der Waals surface area contributed by atoms with Crippen molar-refractivity contribution in [1.29, 1.82) is 0 Å². The third kappa shape index (κ3) is 5.55. The Balaban J connectivity index is 1.86. The van der Waals surface area contributed by atoms with Gasteiger partial charge in [-0.05, 0) is 37.1 Å². The molecule has 1 heterocycles. The molecule has 1 aromatic rings. The number of piperidine rings is 1. The number of amides is 1. The first-order chi connectivity index (χ1) is 11.5. The lowest BCUT2D eigenvalue weighted by atomic mass is 10.0. The molecular formula is C16H25N3O4S. The lowest BCUT2D eigenvalue weighted by molar-refractivity contribution is -0.123. The first-order valence-corrected chi connectivity index (χ1v) is 9.60. The average molecular weight is 355 g/mol. The molecule has 1 saturated heterocycles. The van der Waals surface area contributed by atoms with Crippen molar-refractivity contribution in [3.63, 3.8) is 0 Å². The van der Waals surface area contributed by atoms with Crippen LogP contribution in [0, 0.1) is 0 Å². The fourth-order valence-corrected chi connectivity index (χ4v) is 3.55. The molecule has 0 bridgehead atoms. The molecule has 1 atom stereocenters. The Kier molecular flexibility index (Phi) is 7.16.